The van der Waals surface area contributed by atoms with Gasteiger partial charge in [0.1, 0.15) is 11.5 Å². The first-order valence-electron chi connectivity index (χ1n) is 11.7. The van der Waals surface area contributed by atoms with Gasteiger partial charge >= 0.3 is 0 Å². The third-order valence-corrected chi connectivity index (χ3v) is 6.85. The number of nitrogens with zero attached hydrogens (tertiary/aromatic N) is 5. The van der Waals surface area contributed by atoms with Crippen molar-refractivity contribution in [2.75, 3.05) is 18.0 Å². The fraction of sp³-hybridized carbons (Fsp3) is 0.185. The highest BCUT2D eigenvalue weighted by Crippen LogP contribution is 2.38. The molecule has 3 N–H and O–H groups in total. The molecule has 0 spiro atoms. The van der Waals surface area contributed by atoms with Gasteiger partial charge in [-0.3, -0.25) is 4.98 Å². The summed E-state index contributed by atoms with van der Waals surface area (Å²) in [6, 6.07) is 10.4. The largest absolute Gasteiger partial charge is 0.354 e. The fourth-order valence-corrected chi connectivity index (χ4v) is 5.16. The van der Waals surface area contributed by atoms with E-state index in [2.05, 4.69) is 44.1 Å². The van der Waals surface area contributed by atoms with E-state index in [0.29, 0.717) is 5.82 Å². The number of anilines is 1. The van der Waals surface area contributed by atoms with Crippen LogP contribution in [-0.4, -0.2) is 44.1 Å². The van der Waals surface area contributed by atoms with Gasteiger partial charge in [0.05, 0.1) is 17.1 Å². The molecule has 1 saturated heterocycles. The number of aromatic amines is 1. The van der Waals surface area contributed by atoms with E-state index < -0.39 is 0 Å². The maximum Gasteiger partial charge on any atom is 0.163 e. The standard InChI is InChI=1S/C27H23N7/c28-17-7-4-12-34(15-17)27-24-20(16-5-3-6-16)13-29-14-22(24)32-25(33-27)19-10-11-30-26-23(19)18-8-1-2-9-21(18)31-26/h1-3,5-6,8-11,13-14,17H,4,7,12,15,28H2,(H,30,31)/t17-/m0/s1. The van der Waals surface area contributed by atoms with Crippen LogP contribution >= 0.6 is 0 Å². The SMILES string of the molecule is N[C@H]1CCCN(c2nc(-c3ccnc4[nH]c5ccccc5c34)nc3cncc(C4=CC=C4)c23)C1. The van der Waals surface area contributed by atoms with Gasteiger partial charge in [-0.15, -0.1) is 0 Å². The Morgan fingerprint density at radius 3 is 2.79 bits per heavy atom. The number of piperidine rings is 1. The lowest BCUT2D eigenvalue weighted by Crippen LogP contribution is -2.43. The van der Waals surface area contributed by atoms with Gasteiger partial charge in [0.25, 0.3) is 0 Å². The minimum absolute atomic E-state index is 0.136. The van der Waals surface area contributed by atoms with Crippen LogP contribution in [0.2, 0.25) is 0 Å². The molecule has 1 aliphatic heterocycles. The second-order valence-electron chi connectivity index (χ2n) is 9.03. The number of rotatable bonds is 3. The Morgan fingerprint density at radius 2 is 1.94 bits per heavy atom. The van der Waals surface area contributed by atoms with Crippen molar-refractivity contribution in [1.29, 1.82) is 0 Å². The quantitative estimate of drug-likeness (QED) is 0.421. The molecule has 1 atom stereocenters. The summed E-state index contributed by atoms with van der Waals surface area (Å²) in [5, 5.41) is 3.18. The minimum atomic E-state index is 0.136. The molecular weight excluding hydrogens is 422 g/mol. The normalized spacial score (nSPS) is 18.0. The van der Waals surface area contributed by atoms with Gasteiger partial charge < -0.3 is 15.6 Å². The van der Waals surface area contributed by atoms with Crippen LogP contribution in [0, 0.1) is 0 Å². The average molecular weight is 446 g/mol. The number of benzene rings is 1. The second kappa shape index (κ2) is 7.46. The summed E-state index contributed by atoms with van der Waals surface area (Å²) in [5.74, 6) is 1.61. The smallest absolute Gasteiger partial charge is 0.163 e. The Hall–Kier alpha value is -4.10. The first-order valence-corrected chi connectivity index (χ1v) is 11.7. The van der Waals surface area contributed by atoms with Crippen molar-refractivity contribution in [3.63, 3.8) is 0 Å². The van der Waals surface area contributed by atoms with Crippen LogP contribution in [0.25, 0.3) is 49.8 Å². The molecule has 5 aromatic rings. The van der Waals surface area contributed by atoms with Crippen molar-refractivity contribution in [3.8, 4) is 11.4 Å². The second-order valence-corrected chi connectivity index (χ2v) is 9.03. The Morgan fingerprint density at radius 1 is 1.03 bits per heavy atom. The van der Waals surface area contributed by atoms with E-state index in [0.717, 1.165) is 81.3 Å². The number of aromatic nitrogens is 5. The predicted octanol–water partition coefficient (Wildman–Crippen LogP) is 4.60. The van der Waals surface area contributed by atoms with Crippen LogP contribution in [0.1, 0.15) is 18.4 Å². The molecule has 4 aromatic heterocycles. The lowest BCUT2D eigenvalue weighted by atomic mass is 9.96. The average Bonchev–Trinajstić information content (AvgIpc) is 3.21. The molecule has 0 amide bonds. The third-order valence-electron chi connectivity index (χ3n) is 6.85. The van der Waals surface area contributed by atoms with E-state index in [1.54, 1.807) is 0 Å². The van der Waals surface area contributed by atoms with Crippen molar-refractivity contribution in [1.82, 2.24) is 24.9 Å². The van der Waals surface area contributed by atoms with Gasteiger partial charge in [-0.2, -0.15) is 0 Å². The number of pyridine rings is 2. The zero-order valence-electron chi connectivity index (χ0n) is 18.6. The maximum absolute atomic E-state index is 6.38. The van der Waals surface area contributed by atoms with Crippen LogP contribution < -0.4 is 10.6 Å². The van der Waals surface area contributed by atoms with Gasteiger partial charge in [0.15, 0.2) is 5.82 Å². The number of nitrogens with two attached hydrogens (primary N) is 1. The molecule has 1 aliphatic carbocycles. The highest BCUT2D eigenvalue weighted by Gasteiger charge is 2.25. The van der Waals surface area contributed by atoms with E-state index in [4.69, 9.17) is 15.7 Å². The van der Waals surface area contributed by atoms with Gasteiger partial charge in [0, 0.05) is 58.9 Å². The summed E-state index contributed by atoms with van der Waals surface area (Å²) in [4.78, 5) is 25.1. The molecule has 7 heteroatoms. The molecule has 0 unspecified atom stereocenters. The van der Waals surface area contributed by atoms with Crippen molar-refractivity contribution >= 4 is 44.2 Å². The van der Waals surface area contributed by atoms with Crippen molar-refractivity contribution < 1.29 is 0 Å². The van der Waals surface area contributed by atoms with Crippen LogP contribution in [0.3, 0.4) is 0 Å². The highest BCUT2D eigenvalue weighted by atomic mass is 15.2. The van der Waals surface area contributed by atoms with Crippen LogP contribution in [0.15, 0.2) is 67.2 Å². The van der Waals surface area contributed by atoms with Crippen molar-refractivity contribution in [2.45, 2.75) is 18.9 Å². The summed E-state index contributed by atoms with van der Waals surface area (Å²) in [6.07, 6.45) is 13.9. The first kappa shape index (κ1) is 19.4. The van der Waals surface area contributed by atoms with E-state index in [1.165, 1.54) is 0 Å². The number of fused-ring (bicyclic) bond motifs is 4. The Kier molecular flexibility index (Phi) is 4.25. The lowest BCUT2D eigenvalue weighted by molar-refractivity contribution is 0.504. The first-order chi connectivity index (χ1) is 16.8. The van der Waals surface area contributed by atoms with Gasteiger partial charge in [-0.25, -0.2) is 15.0 Å². The van der Waals surface area contributed by atoms with E-state index in [9.17, 15) is 0 Å². The van der Waals surface area contributed by atoms with Crippen molar-refractivity contribution in [3.05, 3.63) is 72.7 Å². The number of hydrogen-bond acceptors (Lipinski definition) is 6. The summed E-state index contributed by atoms with van der Waals surface area (Å²) in [7, 11) is 0. The number of nitrogens with one attached hydrogen (secondary N) is 1. The number of allylic oxidation sites excluding steroid dienone is 4. The van der Waals surface area contributed by atoms with E-state index in [1.807, 2.05) is 42.9 Å². The number of H-pyrrole nitrogens is 1. The fourth-order valence-electron chi connectivity index (χ4n) is 5.16. The maximum atomic E-state index is 6.38. The summed E-state index contributed by atoms with van der Waals surface area (Å²) >= 11 is 0. The van der Waals surface area contributed by atoms with Crippen molar-refractivity contribution in [2.24, 2.45) is 5.73 Å². The molecule has 0 radical (unpaired) electrons. The molecular formula is C27H23N7. The Labute approximate surface area is 196 Å². The Bertz CT molecular complexity index is 1650. The van der Waals surface area contributed by atoms with E-state index >= 15 is 0 Å². The molecule has 2 aliphatic rings. The molecule has 7 rings (SSSR count). The van der Waals surface area contributed by atoms with Crippen LogP contribution in [0.5, 0.6) is 0 Å². The monoisotopic (exact) mass is 445 g/mol. The zero-order valence-corrected chi connectivity index (χ0v) is 18.6. The Balaban J connectivity index is 1.52. The van der Waals surface area contributed by atoms with Crippen LogP contribution in [-0.2, 0) is 0 Å². The van der Waals surface area contributed by atoms with Crippen LogP contribution in [0.4, 0.5) is 5.82 Å². The minimum Gasteiger partial charge on any atom is -0.354 e. The molecule has 0 saturated carbocycles. The van der Waals surface area contributed by atoms with Gasteiger partial charge in [-0.1, -0.05) is 36.4 Å². The summed E-state index contributed by atoms with van der Waals surface area (Å²) < 4.78 is 0. The number of para-hydroxylation sites is 1. The molecule has 1 fully saturated rings. The zero-order chi connectivity index (χ0) is 22.6. The highest BCUT2D eigenvalue weighted by molar-refractivity contribution is 6.13. The van der Waals surface area contributed by atoms with Gasteiger partial charge in [-0.05, 0) is 30.5 Å². The van der Waals surface area contributed by atoms with Gasteiger partial charge in [0.2, 0.25) is 0 Å². The number of hydrogen-bond donors (Lipinski definition) is 2. The molecule has 0 bridgehead atoms. The molecule has 5 heterocycles. The molecule has 34 heavy (non-hydrogen) atoms. The molecule has 166 valence electrons. The molecule has 1 aromatic carbocycles. The third kappa shape index (κ3) is 2.94. The van der Waals surface area contributed by atoms with E-state index in [-0.39, 0.29) is 6.04 Å². The lowest BCUT2D eigenvalue weighted by Gasteiger charge is -2.33. The predicted molar refractivity (Wildman–Crippen MR) is 136 cm³/mol. The summed E-state index contributed by atoms with van der Waals surface area (Å²) in [6.45, 7) is 1.70. The summed E-state index contributed by atoms with van der Waals surface area (Å²) in [5.41, 5.74) is 12.3. The topological polar surface area (TPSA) is 96.6 Å². The molecule has 7 nitrogen and oxygen atoms in total.